The highest BCUT2D eigenvalue weighted by Crippen LogP contribution is 2.43. The summed E-state index contributed by atoms with van der Waals surface area (Å²) < 4.78 is 14.1. The van der Waals surface area contributed by atoms with Crippen molar-refractivity contribution in [3.63, 3.8) is 0 Å². The predicted molar refractivity (Wildman–Crippen MR) is 84.8 cm³/mol. The molecule has 0 aliphatic heterocycles. The van der Waals surface area contributed by atoms with E-state index in [4.69, 9.17) is 0 Å². The highest BCUT2D eigenvalue weighted by molar-refractivity contribution is 5.18. The van der Waals surface area contributed by atoms with Gasteiger partial charge >= 0.3 is 0 Å². The highest BCUT2D eigenvalue weighted by atomic mass is 19.1. The average molecular weight is 289 g/mol. The lowest BCUT2D eigenvalue weighted by Gasteiger charge is -2.37. The Labute approximate surface area is 128 Å². The monoisotopic (exact) mass is 289 g/mol. The molecule has 1 nitrogen and oxygen atoms in total. The van der Waals surface area contributed by atoms with Crippen LogP contribution in [0, 0.1) is 30.5 Å². The zero-order valence-corrected chi connectivity index (χ0v) is 13.4. The van der Waals surface area contributed by atoms with E-state index >= 15 is 0 Å². The minimum Gasteiger partial charge on any atom is -0.258 e. The smallest absolute Gasteiger partial charge is 0.145 e. The van der Waals surface area contributed by atoms with E-state index in [9.17, 15) is 4.39 Å². The van der Waals surface area contributed by atoms with E-state index in [0.29, 0.717) is 5.92 Å². The van der Waals surface area contributed by atoms with Gasteiger partial charge in [-0.25, -0.2) is 4.39 Å². The Hall–Kier alpha value is -0.920. The molecular weight excluding hydrogens is 261 g/mol. The summed E-state index contributed by atoms with van der Waals surface area (Å²) in [6.07, 6.45) is 12.3. The van der Waals surface area contributed by atoms with Gasteiger partial charge in [-0.15, -0.1) is 0 Å². The first-order valence-corrected chi connectivity index (χ1v) is 8.75. The Morgan fingerprint density at radius 3 is 2.10 bits per heavy atom. The second-order valence-electron chi connectivity index (χ2n) is 7.51. The van der Waals surface area contributed by atoms with E-state index in [1.165, 1.54) is 38.5 Å². The zero-order valence-electron chi connectivity index (χ0n) is 13.4. The van der Waals surface area contributed by atoms with Gasteiger partial charge in [-0.2, -0.15) is 0 Å². The number of halogens is 1. The Bertz CT molecular complexity index is 468. The summed E-state index contributed by atoms with van der Waals surface area (Å²) in [5.74, 6) is 3.03. The van der Waals surface area contributed by atoms with Crippen molar-refractivity contribution < 1.29 is 4.39 Å². The molecule has 1 aromatic heterocycles. The molecule has 2 aliphatic carbocycles. The summed E-state index contributed by atoms with van der Waals surface area (Å²) in [7, 11) is 0. The van der Waals surface area contributed by atoms with Crippen molar-refractivity contribution in [1.29, 1.82) is 0 Å². The van der Waals surface area contributed by atoms with Crippen LogP contribution < -0.4 is 0 Å². The number of nitrogens with zero attached hydrogens (tertiary/aromatic N) is 1. The van der Waals surface area contributed by atoms with Crippen LogP contribution in [0.3, 0.4) is 0 Å². The SMILES string of the molecule is Cc1cnc(C2CCC(C3CCC(C)CC3)CC2)c(F)c1. The molecule has 0 aromatic carbocycles. The van der Waals surface area contributed by atoms with Gasteiger partial charge in [0, 0.05) is 12.1 Å². The predicted octanol–water partition coefficient (Wildman–Crippen LogP) is 5.63. The van der Waals surface area contributed by atoms with Gasteiger partial charge in [0.1, 0.15) is 5.82 Å². The zero-order chi connectivity index (χ0) is 14.8. The molecule has 1 heterocycles. The minimum atomic E-state index is -0.0926. The summed E-state index contributed by atoms with van der Waals surface area (Å²) in [5.41, 5.74) is 1.64. The largest absolute Gasteiger partial charge is 0.258 e. The van der Waals surface area contributed by atoms with Crippen molar-refractivity contribution in [2.24, 2.45) is 17.8 Å². The second-order valence-corrected chi connectivity index (χ2v) is 7.51. The first-order chi connectivity index (χ1) is 10.1. The summed E-state index contributed by atoms with van der Waals surface area (Å²) >= 11 is 0. The van der Waals surface area contributed by atoms with Crippen LogP contribution in [0.4, 0.5) is 4.39 Å². The van der Waals surface area contributed by atoms with Crippen LogP contribution in [0.5, 0.6) is 0 Å². The number of hydrogen-bond acceptors (Lipinski definition) is 1. The highest BCUT2D eigenvalue weighted by Gasteiger charge is 2.31. The fourth-order valence-corrected chi connectivity index (χ4v) is 4.47. The molecule has 3 rings (SSSR count). The lowest BCUT2D eigenvalue weighted by molar-refractivity contribution is 0.163. The Morgan fingerprint density at radius 2 is 1.52 bits per heavy atom. The van der Waals surface area contributed by atoms with E-state index < -0.39 is 0 Å². The van der Waals surface area contributed by atoms with Crippen molar-refractivity contribution in [1.82, 2.24) is 4.98 Å². The third kappa shape index (κ3) is 3.46. The molecule has 0 amide bonds. The van der Waals surface area contributed by atoms with Crippen molar-refractivity contribution in [3.05, 3.63) is 29.3 Å². The molecule has 0 radical (unpaired) electrons. The van der Waals surface area contributed by atoms with Gasteiger partial charge in [0.25, 0.3) is 0 Å². The number of rotatable bonds is 2. The summed E-state index contributed by atoms with van der Waals surface area (Å²) in [5, 5.41) is 0. The molecule has 0 bridgehead atoms. The number of aryl methyl sites for hydroxylation is 1. The summed E-state index contributed by atoms with van der Waals surface area (Å²) in [6.45, 7) is 4.29. The molecule has 0 atom stereocenters. The van der Waals surface area contributed by atoms with E-state index in [-0.39, 0.29) is 5.82 Å². The number of hydrogen-bond donors (Lipinski definition) is 0. The van der Waals surface area contributed by atoms with Crippen LogP contribution in [-0.2, 0) is 0 Å². The van der Waals surface area contributed by atoms with Gasteiger partial charge in [-0.3, -0.25) is 4.98 Å². The van der Waals surface area contributed by atoms with E-state index in [2.05, 4.69) is 11.9 Å². The van der Waals surface area contributed by atoms with Crippen LogP contribution in [0.2, 0.25) is 0 Å². The Balaban J connectivity index is 1.57. The van der Waals surface area contributed by atoms with Crippen LogP contribution in [0.25, 0.3) is 0 Å². The quantitative estimate of drug-likeness (QED) is 0.687. The average Bonchev–Trinajstić information content (AvgIpc) is 2.48. The van der Waals surface area contributed by atoms with Crippen molar-refractivity contribution >= 4 is 0 Å². The molecule has 0 N–H and O–H groups in total. The lowest BCUT2D eigenvalue weighted by atomic mass is 9.69. The van der Waals surface area contributed by atoms with E-state index in [0.717, 1.165) is 41.9 Å². The molecule has 2 saturated carbocycles. The fourth-order valence-electron chi connectivity index (χ4n) is 4.47. The van der Waals surface area contributed by atoms with E-state index in [1.807, 2.05) is 13.1 Å². The molecule has 2 aliphatic rings. The molecule has 116 valence electrons. The van der Waals surface area contributed by atoms with Crippen LogP contribution in [0.15, 0.2) is 12.3 Å². The van der Waals surface area contributed by atoms with Gasteiger partial charge in [0.2, 0.25) is 0 Å². The van der Waals surface area contributed by atoms with Crippen molar-refractivity contribution in [2.75, 3.05) is 0 Å². The summed E-state index contributed by atoms with van der Waals surface area (Å²) in [6, 6.07) is 1.64. The van der Waals surface area contributed by atoms with Crippen molar-refractivity contribution in [3.8, 4) is 0 Å². The first-order valence-electron chi connectivity index (χ1n) is 8.75. The van der Waals surface area contributed by atoms with Crippen LogP contribution >= 0.6 is 0 Å². The van der Waals surface area contributed by atoms with Crippen LogP contribution in [0.1, 0.15) is 75.5 Å². The summed E-state index contributed by atoms with van der Waals surface area (Å²) in [4.78, 5) is 4.37. The van der Waals surface area contributed by atoms with Crippen LogP contribution in [-0.4, -0.2) is 4.98 Å². The third-order valence-corrected chi connectivity index (χ3v) is 5.89. The molecule has 21 heavy (non-hydrogen) atoms. The molecular formula is C19H28FN. The number of pyridine rings is 1. The second kappa shape index (κ2) is 6.46. The van der Waals surface area contributed by atoms with Gasteiger partial charge in [0.05, 0.1) is 5.69 Å². The maximum Gasteiger partial charge on any atom is 0.145 e. The van der Waals surface area contributed by atoms with Gasteiger partial charge in [0.15, 0.2) is 0 Å². The topological polar surface area (TPSA) is 12.9 Å². The lowest BCUT2D eigenvalue weighted by Crippen LogP contribution is -2.25. The Kier molecular flexibility index (Phi) is 4.61. The molecule has 0 unspecified atom stereocenters. The van der Waals surface area contributed by atoms with Gasteiger partial charge in [-0.1, -0.05) is 19.8 Å². The maximum absolute atomic E-state index is 14.1. The minimum absolute atomic E-state index is 0.0926. The molecule has 2 heteroatoms. The molecule has 2 fully saturated rings. The maximum atomic E-state index is 14.1. The normalized spacial score (nSPS) is 33.9. The molecule has 0 spiro atoms. The number of aromatic nitrogens is 1. The van der Waals surface area contributed by atoms with E-state index in [1.54, 1.807) is 6.07 Å². The molecule has 0 saturated heterocycles. The first kappa shape index (κ1) is 15.0. The fraction of sp³-hybridized carbons (Fsp3) is 0.737. The van der Waals surface area contributed by atoms with Crippen molar-refractivity contribution in [2.45, 2.75) is 71.1 Å². The molecule has 1 aromatic rings. The third-order valence-electron chi connectivity index (χ3n) is 5.89. The Morgan fingerprint density at radius 1 is 0.952 bits per heavy atom. The van der Waals surface area contributed by atoms with Gasteiger partial charge < -0.3 is 0 Å². The van der Waals surface area contributed by atoms with Gasteiger partial charge in [-0.05, 0) is 74.8 Å². The standard InChI is InChI=1S/C19H28FN/c1-13-3-5-15(6-4-13)16-7-9-17(10-8-16)19-18(20)11-14(2)12-21-19/h11-13,15-17H,3-10H2,1-2H3.